The van der Waals surface area contributed by atoms with Crippen LogP contribution in [-0.2, 0) is 29.4 Å². The van der Waals surface area contributed by atoms with Gasteiger partial charge in [-0.05, 0) is 80.4 Å². The third kappa shape index (κ3) is 19.0. The number of ether oxygens (including phenoxy) is 1. The molecule has 5 nitrogen and oxygen atoms in total. The van der Waals surface area contributed by atoms with E-state index in [1.165, 1.54) is 44.2 Å². The summed E-state index contributed by atoms with van der Waals surface area (Å²) in [5.74, 6) is -0.459. The van der Waals surface area contributed by atoms with E-state index in [-0.39, 0.29) is 29.5 Å². The fourth-order valence-corrected chi connectivity index (χ4v) is 6.37. The molecule has 0 spiro atoms. The lowest BCUT2D eigenvalue weighted by atomic mass is 10.1. The molecule has 2 atom stereocenters. The first-order valence-electron chi connectivity index (χ1n) is 20.7. The molecule has 0 aromatic heterocycles. The fourth-order valence-electron chi connectivity index (χ4n) is 6.37. The molecular formula is C45H52BF12NO4. The number of benzene rings is 4. The van der Waals surface area contributed by atoms with Gasteiger partial charge in [-0.2, -0.15) is 83.0 Å². The molecule has 4 aromatic rings. The molecule has 0 heterocycles. The van der Waals surface area contributed by atoms with Gasteiger partial charge in [0.15, 0.2) is 17.7 Å². The van der Waals surface area contributed by atoms with Crippen LogP contribution in [0.25, 0.3) is 0 Å². The first-order valence-corrected chi connectivity index (χ1v) is 20.7. The van der Waals surface area contributed by atoms with Crippen molar-refractivity contribution in [2.75, 3.05) is 13.2 Å². The Bertz CT molecular complexity index is 1810. The van der Waals surface area contributed by atoms with Gasteiger partial charge >= 0.3 is 32.0 Å². The molecule has 0 saturated carbocycles. The van der Waals surface area contributed by atoms with Gasteiger partial charge in [-0.1, -0.05) is 70.3 Å². The van der Waals surface area contributed by atoms with Gasteiger partial charge in [0.25, 0.3) is 0 Å². The summed E-state index contributed by atoms with van der Waals surface area (Å²) in [4.78, 5) is 0.520. The molecule has 348 valence electrons. The van der Waals surface area contributed by atoms with E-state index < -0.39 is 60.5 Å². The maximum absolute atomic E-state index is 14.0. The van der Waals surface area contributed by atoms with Crippen molar-refractivity contribution >= 4 is 13.0 Å². The molecule has 0 radical (unpaired) electrons. The van der Waals surface area contributed by atoms with E-state index in [2.05, 4.69) is 13.0 Å². The largest absolute Gasteiger partial charge is 0.864 e. The number of alkyl halides is 12. The average Bonchev–Trinajstić information content (AvgIpc) is 3.21. The minimum Gasteiger partial charge on any atom is -0.490 e. The van der Waals surface area contributed by atoms with Crippen molar-refractivity contribution in [3.63, 3.8) is 0 Å². The Hall–Kier alpha value is -4.58. The standard InChI is InChI=1S/C38H47BF9NO4.C7H4F3/c1-4-6-7-8-9-10-11-12-13-14-15-26-49(28(3)50-5-2)34-27-31(38(46,47)48)20-25-35(34)53-39(51-32-21-16-29(17-22-32)36(40,41)42)52-33-23-18-30(19-24-33)37(43,44)45;8-7(9,10)6-4-2-1-3-5-6/h16-25,27-28H,4-15,26H2,1-3H3;2-5H/q;-1/p+1. The zero-order valence-corrected chi connectivity index (χ0v) is 35.2. The quantitative estimate of drug-likeness (QED) is 0.0280. The van der Waals surface area contributed by atoms with Gasteiger partial charge in [0, 0.05) is 13.0 Å². The molecular weight excluding hydrogens is 857 g/mol. The van der Waals surface area contributed by atoms with Crippen LogP contribution in [0.2, 0.25) is 0 Å². The van der Waals surface area contributed by atoms with E-state index in [0.29, 0.717) is 17.9 Å². The summed E-state index contributed by atoms with van der Waals surface area (Å²) in [5, 5.41) is 0. The van der Waals surface area contributed by atoms with Crippen molar-refractivity contribution < 1.29 is 76.3 Å². The molecule has 0 fully saturated rings. The van der Waals surface area contributed by atoms with Crippen molar-refractivity contribution in [3.05, 3.63) is 119 Å². The number of rotatable bonds is 22. The average molecular weight is 910 g/mol. The normalized spacial score (nSPS) is 13.1. The predicted molar refractivity (Wildman–Crippen MR) is 215 cm³/mol. The van der Waals surface area contributed by atoms with E-state index in [4.69, 9.17) is 18.7 Å². The molecule has 2 unspecified atom stereocenters. The van der Waals surface area contributed by atoms with Gasteiger partial charge in [0.1, 0.15) is 11.5 Å². The van der Waals surface area contributed by atoms with Crippen LogP contribution in [0, 0.1) is 6.07 Å². The molecule has 0 aliphatic rings. The highest BCUT2D eigenvalue weighted by molar-refractivity contribution is 6.39. The molecule has 1 N–H and O–H groups in total. The van der Waals surface area contributed by atoms with Crippen LogP contribution < -0.4 is 18.9 Å². The van der Waals surface area contributed by atoms with Gasteiger partial charge in [0.2, 0.25) is 0 Å². The maximum Gasteiger partial charge on any atom is 0.864 e. The van der Waals surface area contributed by atoms with Crippen LogP contribution in [0.4, 0.5) is 58.4 Å². The Morgan fingerprint density at radius 1 is 0.508 bits per heavy atom. The number of nitrogens with one attached hydrogen (secondary N) is 1. The van der Waals surface area contributed by atoms with E-state index in [1.807, 2.05) is 0 Å². The van der Waals surface area contributed by atoms with Gasteiger partial charge in [-0.25, -0.2) is 0 Å². The minimum atomic E-state index is -4.71. The second-order valence-corrected chi connectivity index (χ2v) is 14.6. The summed E-state index contributed by atoms with van der Waals surface area (Å²) in [5.41, 5.74) is -3.47. The number of halogens is 12. The summed E-state index contributed by atoms with van der Waals surface area (Å²) < 4.78 is 180. The highest BCUT2D eigenvalue weighted by atomic mass is 19.4. The zero-order valence-electron chi connectivity index (χ0n) is 35.2. The van der Waals surface area contributed by atoms with E-state index in [1.54, 1.807) is 13.8 Å². The molecule has 0 bridgehead atoms. The lowest BCUT2D eigenvalue weighted by Crippen LogP contribution is -3.11. The summed E-state index contributed by atoms with van der Waals surface area (Å²) in [6.07, 6.45) is -6.94. The first-order chi connectivity index (χ1) is 29.6. The van der Waals surface area contributed by atoms with Crippen LogP contribution >= 0.6 is 0 Å². The summed E-state index contributed by atoms with van der Waals surface area (Å²) >= 11 is 0. The predicted octanol–water partition coefficient (Wildman–Crippen LogP) is 14.0. The van der Waals surface area contributed by atoms with Crippen molar-refractivity contribution in [3.8, 4) is 17.2 Å². The Labute approximate surface area is 360 Å². The summed E-state index contributed by atoms with van der Waals surface area (Å²) in [6.45, 7) is 6.30. The molecule has 63 heavy (non-hydrogen) atoms. The number of hydrogen-bond acceptors (Lipinski definition) is 4. The molecule has 4 rings (SSSR count). The zero-order chi connectivity index (χ0) is 46.7. The lowest BCUT2D eigenvalue weighted by Gasteiger charge is -2.28. The van der Waals surface area contributed by atoms with Crippen molar-refractivity contribution in [1.29, 1.82) is 0 Å². The second kappa shape index (κ2) is 25.1. The smallest absolute Gasteiger partial charge is 0.490 e. The minimum absolute atomic E-state index is 0.0601. The third-order valence-corrected chi connectivity index (χ3v) is 9.71. The summed E-state index contributed by atoms with van der Waals surface area (Å²) in [6, 6.07) is 16.7. The molecule has 0 aliphatic carbocycles. The highest BCUT2D eigenvalue weighted by Gasteiger charge is 2.39. The molecule has 18 heteroatoms. The second-order valence-electron chi connectivity index (χ2n) is 14.6. The van der Waals surface area contributed by atoms with Gasteiger partial charge in [0.05, 0.1) is 29.8 Å². The van der Waals surface area contributed by atoms with Crippen LogP contribution in [-0.4, -0.2) is 26.7 Å². The molecule has 0 aliphatic heterocycles. The van der Waals surface area contributed by atoms with E-state index >= 15 is 0 Å². The lowest BCUT2D eigenvalue weighted by molar-refractivity contribution is -0.885. The fraction of sp³-hybridized carbons (Fsp3) is 0.467. The number of unbranched alkanes of at least 4 members (excludes halogenated alkanes) is 10. The monoisotopic (exact) mass is 909 g/mol. The molecule has 4 aromatic carbocycles. The van der Waals surface area contributed by atoms with Crippen molar-refractivity contribution in [2.45, 2.75) is 122 Å². The van der Waals surface area contributed by atoms with Crippen molar-refractivity contribution in [2.24, 2.45) is 0 Å². The topological polar surface area (TPSA) is 41.4 Å². The van der Waals surface area contributed by atoms with Crippen LogP contribution in [0.15, 0.2) is 91.0 Å². The van der Waals surface area contributed by atoms with E-state index in [0.717, 1.165) is 111 Å². The van der Waals surface area contributed by atoms with Gasteiger partial charge < -0.3 is 18.7 Å². The number of quaternary nitrogens is 1. The third-order valence-electron chi connectivity index (χ3n) is 9.71. The van der Waals surface area contributed by atoms with E-state index in [9.17, 15) is 52.7 Å². The molecule has 0 amide bonds. The van der Waals surface area contributed by atoms with Gasteiger partial charge in [-0.15, -0.1) is 0 Å². The Kier molecular flexibility index (Phi) is 21.0. The van der Waals surface area contributed by atoms with Crippen LogP contribution in [0.1, 0.15) is 114 Å². The van der Waals surface area contributed by atoms with Gasteiger partial charge in [-0.3, -0.25) is 4.90 Å². The van der Waals surface area contributed by atoms with Crippen LogP contribution in [0.5, 0.6) is 17.2 Å². The Morgan fingerprint density at radius 3 is 1.30 bits per heavy atom. The Balaban J connectivity index is 0.000000924. The maximum atomic E-state index is 14.0. The summed E-state index contributed by atoms with van der Waals surface area (Å²) in [7, 11) is -1.86. The number of hydrogen-bond donors (Lipinski definition) is 1. The Morgan fingerprint density at radius 2 is 0.905 bits per heavy atom. The van der Waals surface area contributed by atoms with Crippen LogP contribution in [0.3, 0.4) is 0 Å². The SMILES string of the molecule is CCCCCCCCCCCCC[NH+](c1cc(C(F)(F)F)ccc1OB(Oc1ccc(C(F)(F)F)cc1)Oc1ccc(C(F)(F)F)cc1)C(C)OCC.FC(F)(F)c1cc[c-]cc1. The highest BCUT2D eigenvalue weighted by Crippen LogP contribution is 2.36. The van der Waals surface area contributed by atoms with Crippen molar-refractivity contribution in [1.82, 2.24) is 0 Å². The first kappa shape index (κ1) is 52.8. The molecule has 0 saturated heterocycles.